The Bertz CT molecular complexity index is 921. The molecule has 1 heterocycles. The normalized spacial score (nSPS) is 13.1. The van der Waals surface area contributed by atoms with Gasteiger partial charge in [0.15, 0.2) is 0 Å². The molecule has 0 aliphatic carbocycles. The molecule has 0 aliphatic heterocycles. The van der Waals surface area contributed by atoms with Gasteiger partial charge >= 0.3 is 0 Å². The number of primary amides is 1. The van der Waals surface area contributed by atoms with E-state index < -0.39 is 29.3 Å². The van der Waals surface area contributed by atoms with Gasteiger partial charge in [-0.2, -0.15) is 0 Å². The van der Waals surface area contributed by atoms with E-state index in [1.807, 2.05) is 63.2 Å². The molecule has 3 amide bonds. The van der Waals surface area contributed by atoms with Crippen LogP contribution in [0.15, 0.2) is 48.7 Å². The number of nitrogens with one attached hydrogen (secondary N) is 2. The van der Waals surface area contributed by atoms with Crippen LogP contribution in [0, 0.1) is 12.3 Å². The van der Waals surface area contributed by atoms with Crippen LogP contribution in [0.2, 0.25) is 0 Å². The van der Waals surface area contributed by atoms with Crippen molar-refractivity contribution in [3.05, 3.63) is 71.9 Å². The molecule has 2 rings (SSSR count). The zero-order valence-electron chi connectivity index (χ0n) is 19.9. The van der Waals surface area contributed by atoms with Crippen LogP contribution >= 0.6 is 0 Å². The van der Waals surface area contributed by atoms with Crippen molar-refractivity contribution in [1.82, 2.24) is 15.6 Å². The monoisotopic (exact) mass is 451 g/mol. The van der Waals surface area contributed by atoms with Crippen LogP contribution in [-0.2, 0) is 33.6 Å². The Morgan fingerprint density at radius 1 is 1.03 bits per heavy atom. The quantitative estimate of drug-likeness (QED) is 0.487. The van der Waals surface area contributed by atoms with E-state index in [9.17, 15) is 14.4 Å². The lowest BCUT2D eigenvalue weighted by Gasteiger charge is -2.26. The topological polar surface area (TPSA) is 114 Å². The van der Waals surface area contributed by atoms with Crippen molar-refractivity contribution < 1.29 is 14.4 Å². The highest BCUT2D eigenvalue weighted by molar-refractivity contribution is 5.92. The third-order valence-electron chi connectivity index (χ3n) is 5.13. The summed E-state index contributed by atoms with van der Waals surface area (Å²) >= 11 is 0. The average molecular weight is 452 g/mol. The van der Waals surface area contributed by atoms with E-state index in [4.69, 9.17) is 5.73 Å². The van der Waals surface area contributed by atoms with E-state index in [1.165, 1.54) is 12.0 Å². The molecule has 1 radical (unpaired) electrons. The molecular weight excluding hydrogens is 416 g/mol. The number of hydrogen-bond acceptors (Lipinski definition) is 4. The lowest BCUT2D eigenvalue weighted by atomic mass is 9.99. The van der Waals surface area contributed by atoms with E-state index in [2.05, 4.69) is 15.6 Å². The molecular formula is C26H35N4O3. The van der Waals surface area contributed by atoms with Gasteiger partial charge in [0.25, 0.3) is 0 Å². The molecule has 177 valence electrons. The lowest BCUT2D eigenvalue weighted by molar-refractivity contribution is -0.128. The van der Waals surface area contributed by atoms with Gasteiger partial charge in [-0.25, -0.2) is 0 Å². The minimum absolute atomic E-state index is 0.222. The van der Waals surface area contributed by atoms with Gasteiger partial charge in [0.1, 0.15) is 6.04 Å². The third kappa shape index (κ3) is 9.85. The molecule has 33 heavy (non-hydrogen) atoms. The van der Waals surface area contributed by atoms with Crippen LogP contribution in [0.4, 0.5) is 0 Å². The van der Waals surface area contributed by atoms with Crippen molar-refractivity contribution in [1.29, 1.82) is 0 Å². The number of nitrogens with zero attached hydrogens (tertiary/aromatic N) is 1. The first-order valence-electron chi connectivity index (χ1n) is 11.3. The van der Waals surface area contributed by atoms with Crippen molar-refractivity contribution in [2.24, 2.45) is 11.7 Å². The van der Waals surface area contributed by atoms with E-state index in [1.54, 1.807) is 13.1 Å². The summed E-state index contributed by atoms with van der Waals surface area (Å²) < 4.78 is 0. The van der Waals surface area contributed by atoms with E-state index in [0.717, 1.165) is 24.1 Å². The maximum atomic E-state index is 12.9. The predicted molar refractivity (Wildman–Crippen MR) is 129 cm³/mol. The molecule has 7 nitrogen and oxygen atoms in total. The summed E-state index contributed by atoms with van der Waals surface area (Å²) in [4.78, 5) is 40.8. The highest BCUT2D eigenvalue weighted by Crippen LogP contribution is 2.12. The molecule has 0 aliphatic rings. The molecule has 2 unspecified atom stereocenters. The zero-order chi connectivity index (χ0) is 24.4. The Morgan fingerprint density at radius 2 is 1.70 bits per heavy atom. The number of carbonyl (C=O) groups is 3. The summed E-state index contributed by atoms with van der Waals surface area (Å²) in [5, 5.41) is 5.71. The molecule has 7 heteroatoms. The zero-order valence-corrected chi connectivity index (χ0v) is 19.9. The molecule has 0 fully saturated rings. The maximum absolute atomic E-state index is 12.9. The Morgan fingerprint density at radius 3 is 2.27 bits per heavy atom. The Labute approximate surface area is 196 Å². The van der Waals surface area contributed by atoms with E-state index in [-0.39, 0.29) is 12.3 Å². The molecule has 4 N–H and O–H groups in total. The van der Waals surface area contributed by atoms with Gasteiger partial charge in [-0.3, -0.25) is 19.4 Å². The van der Waals surface area contributed by atoms with Crippen molar-refractivity contribution in [3.63, 3.8) is 0 Å². The summed E-state index contributed by atoms with van der Waals surface area (Å²) in [6.45, 7) is 7.33. The highest BCUT2D eigenvalue weighted by atomic mass is 16.2. The SMILES string of the molecule is CC(C[CH]C(=O)NC(Cc1ccc(CCc2ccccn2)cc1)C(=O)NC(C)(C)C)C(N)=O. The molecule has 0 saturated carbocycles. The summed E-state index contributed by atoms with van der Waals surface area (Å²) in [7, 11) is 0. The number of nitrogens with two attached hydrogens (primary N) is 1. The molecule has 0 saturated heterocycles. The summed E-state index contributed by atoms with van der Waals surface area (Å²) in [6.07, 6.45) is 5.46. The fraction of sp³-hybridized carbons (Fsp3) is 0.423. The van der Waals surface area contributed by atoms with Crippen molar-refractivity contribution in [3.8, 4) is 0 Å². The molecule has 0 bridgehead atoms. The summed E-state index contributed by atoms with van der Waals surface area (Å²) in [5.41, 5.74) is 7.99. The molecule has 1 aromatic carbocycles. The van der Waals surface area contributed by atoms with Gasteiger partial charge < -0.3 is 16.4 Å². The van der Waals surface area contributed by atoms with E-state index >= 15 is 0 Å². The molecule has 2 aromatic rings. The smallest absolute Gasteiger partial charge is 0.243 e. The number of aromatic nitrogens is 1. The van der Waals surface area contributed by atoms with Gasteiger partial charge in [-0.05, 0) is 63.3 Å². The second-order valence-electron chi connectivity index (χ2n) is 9.39. The minimum atomic E-state index is -0.740. The minimum Gasteiger partial charge on any atom is -0.369 e. The fourth-order valence-electron chi connectivity index (χ4n) is 3.19. The number of benzene rings is 1. The molecule has 0 spiro atoms. The number of hydrogen-bond donors (Lipinski definition) is 3. The van der Waals surface area contributed by atoms with Crippen LogP contribution in [0.25, 0.3) is 0 Å². The summed E-state index contributed by atoms with van der Waals surface area (Å²) in [6, 6.07) is 13.2. The first-order chi connectivity index (χ1) is 15.5. The maximum Gasteiger partial charge on any atom is 0.243 e. The first kappa shape index (κ1) is 26.0. The van der Waals surface area contributed by atoms with Crippen molar-refractivity contribution in [2.45, 2.75) is 65.0 Å². The Hall–Kier alpha value is -3.22. The second-order valence-corrected chi connectivity index (χ2v) is 9.39. The van der Waals surface area contributed by atoms with Crippen molar-refractivity contribution in [2.75, 3.05) is 0 Å². The fourth-order valence-corrected chi connectivity index (χ4v) is 3.19. The standard InChI is InChI=1S/C26H35N4O3/c1-18(24(27)32)8-15-23(31)29-22(25(33)30-26(2,3)4)17-20-11-9-19(10-12-20)13-14-21-7-5-6-16-28-21/h5-7,9-12,15-16,18,22H,8,13-14,17H2,1-4H3,(H2,27,32)(H,29,31)(H,30,33). The molecule has 2 atom stereocenters. The van der Waals surface area contributed by atoms with Gasteiger partial charge in [0.05, 0.1) is 6.42 Å². The average Bonchev–Trinajstić information content (AvgIpc) is 2.76. The van der Waals surface area contributed by atoms with Gasteiger partial charge in [-0.15, -0.1) is 0 Å². The predicted octanol–water partition coefficient (Wildman–Crippen LogP) is 2.52. The van der Waals surface area contributed by atoms with Gasteiger partial charge in [-0.1, -0.05) is 37.3 Å². The number of rotatable bonds is 11. The highest BCUT2D eigenvalue weighted by Gasteiger charge is 2.25. The number of aryl methyl sites for hydroxylation is 2. The van der Waals surface area contributed by atoms with Crippen LogP contribution in [0.5, 0.6) is 0 Å². The second kappa shape index (κ2) is 12.1. The number of carbonyl (C=O) groups excluding carboxylic acids is 3. The van der Waals surface area contributed by atoms with Gasteiger partial charge in [0.2, 0.25) is 17.7 Å². The van der Waals surface area contributed by atoms with Crippen LogP contribution in [0.3, 0.4) is 0 Å². The van der Waals surface area contributed by atoms with Crippen LogP contribution in [0.1, 0.15) is 50.9 Å². The Kier molecular flexibility index (Phi) is 9.57. The third-order valence-corrected chi connectivity index (χ3v) is 5.13. The van der Waals surface area contributed by atoms with Crippen LogP contribution in [-0.4, -0.2) is 34.3 Å². The summed E-state index contributed by atoms with van der Waals surface area (Å²) in [5.74, 6) is -1.57. The lowest BCUT2D eigenvalue weighted by Crippen LogP contribution is -2.53. The van der Waals surface area contributed by atoms with E-state index in [0.29, 0.717) is 6.42 Å². The molecule has 1 aromatic heterocycles. The first-order valence-corrected chi connectivity index (χ1v) is 11.3. The van der Waals surface area contributed by atoms with Gasteiger partial charge in [0, 0.05) is 29.8 Å². The largest absolute Gasteiger partial charge is 0.369 e. The van der Waals surface area contributed by atoms with Crippen molar-refractivity contribution >= 4 is 17.7 Å². The Balaban J connectivity index is 2.01. The number of amides is 3. The number of pyridine rings is 1. The van der Waals surface area contributed by atoms with Crippen LogP contribution < -0.4 is 16.4 Å².